The molecule has 7 heteroatoms. The fourth-order valence-corrected chi connectivity index (χ4v) is 2.14. The number of carbonyl (C=O) groups is 3. The van der Waals surface area contributed by atoms with E-state index in [1.807, 2.05) is 0 Å². The molecule has 0 atom stereocenters. The summed E-state index contributed by atoms with van der Waals surface area (Å²) in [6.07, 6.45) is 0. The van der Waals surface area contributed by atoms with Crippen LogP contribution in [0.4, 0.5) is 11.4 Å². The van der Waals surface area contributed by atoms with E-state index >= 15 is 0 Å². The molecule has 124 valence electrons. The van der Waals surface area contributed by atoms with Crippen molar-refractivity contribution in [3.8, 4) is 0 Å². The Hall–Kier alpha value is -2.86. The van der Waals surface area contributed by atoms with Crippen LogP contribution >= 0.6 is 11.6 Å². The van der Waals surface area contributed by atoms with Crippen molar-refractivity contribution >= 4 is 40.7 Å². The second-order valence-electron chi connectivity index (χ2n) is 5.01. The number of carbonyl (C=O) groups excluding carboxylic acids is 3. The SMILES string of the molecule is Cc1cc(Cl)ccc1NC(=O)CNC(=O)C(=O)Nc1ccccc1. The lowest BCUT2D eigenvalue weighted by molar-refractivity contribution is -0.136. The highest BCUT2D eigenvalue weighted by atomic mass is 35.5. The minimum atomic E-state index is -0.887. The molecule has 0 heterocycles. The van der Waals surface area contributed by atoms with Crippen LogP contribution in [0.2, 0.25) is 5.02 Å². The Labute approximate surface area is 144 Å². The predicted molar refractivity (Wildman–Crippen MR) is 92.9 cm³/mol. The largest absolute Gasteiger partial charge is 0.339 e. The van der Waals surface area contributed by atoms with Gasteiger partial charge in [0.1, 0.15) is 0 Å². The Bertz CT molecular complexity index is 763. The molecule has 0 saturated carbocycles. The molecule has 0 radical (unpaired) electrons. The van der Waals surface area contributed by atoms with Gasteiger partial charge < -0.3 is 16.0 Å². The quantitative estimate of drug-likeness (QED) is 0.743. The molecule has 0 spiro atoms. The summed E-state index contributed by atoms with van der Waals surface area (Å²) in [7, 11) is 0. The highest BCUT2D eigenvalue weighted by molar-refractivity contribution is 6.39. The van der Waals surface area contributed by atoms with Crippen molar-refractivity contribution in [3.63, 3.8) is 0 Å². The Morgan fingerprint density at radius 1 is 0.958 bits per heavy atom. The summed E-state index contributed by atoms with van der Waals surface area (Å²) >= 11 is 5.84. The van der Waals surface area contributed by atoms with Crippen LogP contribution < -0.4 is 16.0 Å². The maximum absolute atomic E-state index is 11.8. The normalized spacial score (nSPS) is 9.92. The first-order valence-electron chi connectivity index (χ1n) is 7.16. The third kappa shape index (κ3) is 5.10. The lowest BCUT2D eigenvalue weighted by atomic mass is 10.2. The molecule has 0 aliphatic rings. The molecule has 0 aliphatic heterocycles. The van der Waals surface area contributed by atoms with E-state index in [4.69, 9.17) is 11.6 Å². The van der Waals surface area contributed by atoms with E-state index in [1.54, 1.807) is 55.5 Å². The number of amides is 3. The van der Waals surface area contributed by atoms with Crippen molar-refractivity contribution in [1.29, 1.82) is 0 Å². The molecule has 0 unspecified atom stereocenters. The number of para-hydroxylation sites is 1. The number of hydrogen-bond donors (Lipinski definition) is 3. The number of benzene rings is 2. The first kappa shape index (κ1) is 17.5. The van der Waals surface area contributed by atoms with Gasteiger partial charge in [0.05, 0.1) is 6.54 Å². The Morgan fingerprint density at radius 2 is 1.67 bits per heavy atom. The molecule has 2 aromatic rings. The highest BCUT2D eigenvalue weighted by Crippen LogP contribution is 2.19. The first-order valence-corrected chi connectivity index (χ1v) is 7.54. The van der Waals surface area contributed by atoms with Gasteiger partial charge in [-0.15, -0.1) is 0 Å². The molecule has 0 aliphatic carbocycles. The molecule has 2 rings (SSSR count). The van der Waals surface area contributed by atoms with Crippen molar-refractivity contribution in [2.24, 2.45) is 0 Å². The number of anilines is 2. The predicted octanol–water partition coefficient (Wildman–Crippen LogP) is 2.34. The maximum Gasteiger partial charge on any atom is 0.313 e. The van der Waals surface area contributed by atoms with Crippen molar-refractivity contribution in [1.82, 2.24) is 5.32 Å². The van der Waals surface area contributed by atoms with Gasteiger partial charge in [0, 0.05) is 16.4 Å². The van der Waals surface area contributed by atoms with Gasteiger partial charge in [0.25, 0.3) is 0 Å². The zero-order valence-electron chi connectivity index (χ0n) is 12.9. The summed E-state index contributed by atoms with van der Waals surface area (Å²) in [5.74, 6) is -2.17. The Kier molecular flexibility index (Phi) is 5.92. The van der Waals surface area contributed by atoms with Gasteiger partial charge in [-0.25, -0.2) is 0 Å². The number of rotatable bonds is 4. The topological polar surface area (TPSA) is 87.3 Å². The second kappa shape index (κ2) is 8.12. The second-order valence-corrected chi connectivity index (χ2v) is 5.45. The summed E-state index contributed by atoms with van der Waals surface area (Å²) < 4.78 is 0. The molecule has 0 aromatic heterocycles. The molecule has 0 saturated heterocycles. The number of nitrogens with one attached hydrogen (secondary N) is 3. The van der Waals surface area contributed by atoms with E-state index in [0.29, 0.717) is 16.4 Å². The standard InChI is InChI=1S/C17H16ClN3O3/c1-11-9-12(18)7-8-14(11)21-15(22)10-19-16(23)17(24)20-13-5-3-2-4-6-13/h2-9H,10H2,1H3,(H,19,23)(H,20,24)(H,21,22). The minimum absolute atomic E-state index is 0.316. The van der Waals surface area contributed by atoms with E-state index in [2.05, 4.69) is 16.0 Å². The van der Waals surface area contributed by atoms with Gasteiger partial charge in [-0.1, -0.05) is 29.8 Å². The fourth-order valence-electron chi connectivity index (χ4n) is 1.91. The minimum Gasteiger partial charge on any atom is -0.339 e. The molecule has 0 bridgehead atoms. The van der Waals surface area contributed by atoms with Crippen LogP contribution in [0, 0.1) is 6.92 Å². The van der Waals surface area contributed by atoms with E-state index in [0.717, 1.165) is 5.56 Å². The molecule has 0 fully saturated rings. The van der Waals surface area contributed by atoms with Gasteiger partial charge in [0.2, 0.25) is 5.91 Å². The van der Waals surface area contributed by atoms with Gasteiger partial charge in [0.15, 0.2) is 0 Å². The van der Waals surface area contributed by atoms with E-state index in [-0.39, 0.29) is 6.54 Å². The van der Waals surface area contributed by atoms with Gasteiger partial charge in [-0.2, -0.15) is 0 Å². The summed E-state index contributed by atoms with van der Waals surface area (Å²) in [5.41, 5.74) is 1.88. The Morgan fingerprint density at radius 3 is 2.33 bits per heavy atom. The molecule has 24 heavy (non-hydrogen) atoms. The van der Waals surface area contributed by atoms with E-state index < -0.39 is 17.7 Å². The van der Waals surface area contributed by atoms with Crippen molar-refractivity contribution in [2.75, 3.05) is 17.2 Å². The first-order chi connectivity index (χ1) is 11.5. The van der Waals surface area contributed by atoms with Crippen molar-refractivity contribution in [3.05, 3.63) is 59.1 Å². The third-order valence-electron chi connectivity index (χ3n) is 3.11. The summed E-state index contributed by atoms with van der Waals surface area (Å²) in [4.78, 5) is 35.2. The molecule has 6 nitrogen and oxygen atoms in total. The monoisotopic (exact) mass is 345 g/mol. The molecular formula is C17H16ClN3O3. The number of aryl methyl sites for hydroxylation is 1. The van der Waals surface area contributed by atoms with Crippen LogP contribution in [0.1, 0.15) is 5.56 Å². The summed E-state index contributed by atoms with van der Waals surface area (Å²) in [6, 6.07) is 13.6. The van der Waals surface area contributed by atoms with E-state index in [9.17, 15) is 14.4 Å². The van der Waals surface area contributed by atoms with Gasteiger partial charge in [-0.3, -0.25) is 14.4 Å². The van der Waals surface area contributed by atoms with Crippen LogP contribution in [-0.2, 0) is 14.4 Å². The number of hydrogen-bond acceptors (Lipinski definition) is 3. The van der Waals surface area contributed by atoms with Crippen LogP contribution in [0.25, 0.3) is 0 Å². The lowest BCUT2D eigenvalue weighted by Crippen LogP contribution is -2.39. The van der Waals surface area contributed by atoms with Crippen LogP contribution in [0.3, 0.4) is 0 Å². The van der Waals surface area contributed by atoms with Crippen molar-refractivity contribution < 1.29 is 14.4 Å². The third-order valence-corrected chi connectivity index (χ3v) is 3.35. The van der Waals surface area contributed by atoms with Gasteiger partial charge >= 0.3 is 11.8 Å². The van der Waals surface area contributed by atoms with Crippen LogP contribution in [0.5, 0.6) is 0 Å². The van der Waals surface area contributed by atoms with Crippen LogP contribution in [-0.4, -0.2) is 24.3 Å². The van der Waals surface area contributed by atoms with Gasteiger partial charge in [-0.05, 0) is 42.8 Å². The smallest absolute Gasteiger partial charge is 0.313 e. The Balaban J connectivity index is 1.82. The lowest BCUT2D eigenvalue weighted by Gasteiger charge is -2.09. The molecule has 3 N–H and O–H groups in total. The molecule has 2 aromatic carbocycles. The van der Waals surface area contributed by atoms with E-state index in [1.165, 1.54) is 0 Å². The molecular weight excluding hydrogens is 330 g/mol. The average Bonchev–Trinajstić information content (AvgIpc) is 2.56. The summed E-state index contributed by atoms with van der Waals surface area (Å²) in [6.45, 7) is 1.48. The maximum atomic E-state index is 11.8. The fraction of sp³-hybridized carbons (Fsp3) is 0.118. The van der Waals surface area contributed by atoms with Crippen molar-refractivity contribution in [2.45, 2.75) is 6.92 Å². The zero-order valence-corrected chi connectivity index (χ0v) is 13.7. The summed E-state index contributed by atoms with van der Waals surface area (Å²) in [5, 5.41) is 7.90. The van der Waals surface area contributed by atoms with Crippen LogP contribution in [0.15, 0.2) is 48.5 Å². The zero-order chi connectivity index (χ0) is 17.5. The average molecular weight is 346 g/mol. The molecule has 3 amide bonds. The number of halogens is 1. The highest BCUT2D eigenvalue weighted by Gasteiger charge is 2.15.